The van der Waals surface area contributed by atoms with Gasteiger partial charge in [0.1, 0.15) is 5.82 Å². The van der Waals surface area contributed by atoms with E-state index in [0.29, 0.717) is 33.3 Å². The molecule has 1 amide bonds. The summed E-state index contributed by atoms with van der Waals surface area (Å²) in [6.07, 6.45) is 1.50. The molecule has 1 aliphatic carbocycles. The van der Waals surface area contributed by atoms with E-state index in [2.05, 4.69) is 5.32 Å². The Morgan fingerprint density at radius 1 is 1.00 bits per heavy atom. The molecule has 2 aliphatic rings. The van der Waals surface area contributed by atoms with Crippen molar-refractivity contribution in [1.29, 1.82) is 0 Å². The molecule has 3 aromatic carbocycles. The molecule has 1 fully saturated rings. The highest BCUT2D eigenvalue weighted by Crippen LogP contribution is 2.51. The minimum atomic E-state index is -0.592. The molecule has 1 saturated carbocycles. The highest BCUT2D eigenvalue weighted by molar-refractivity contribution is 6.30. The largest absolute Gasteiger partial charge is 0.454 e. The first-order chi connectivity index (χ1) is 14.0. The lowest BCUT2D eigenvalue weighted by atomic mass is 9.94. The van der Waals surface area contributed by atoms with Crippen molar-refractivity contribution in [3.63, 3.8) is 0 Å². The van der Waals surface area contributed by atoms with Gasteiger partial charge >= 0.3 is 0 Å². The maximum absolute atomic E-state index is 14.4. The first kappa shape index (κ1) is 18.0. The Balaban J connectivity index is 1.42. The molecule has 0 saturated heterocycles. The summed E-state index contributed by atoms with van der Waals surface area (Å²) in [6, 6.07) is 17.1. The summed E-state index contributed by atoms with van der Waals surface area (Å²) in [5, 5.41) is 3.48. The normalized spacial score (nSPS) is 15.8. The maximum atomic E-state index is 14.4. The highest BCUT2D eigenvalue weighted by atomic mass is 35.5. The van der Waals surface area contributed by atoms with Gasteiger partial charge in [0.2, 0.25) is 12.7 Å². The number of ether oxygens (including phenoxy) is 2. The van der Waals surface area contributed by atoms with Gasteiger partial charge in [-0.1, -0.05) is 29.8 Å². The number of rotatable bonds is 4. The summed E-state index contributed by atoms with van der Waals surface area (Å²) in [5.74, 6) is 0.864. The van der Waals surface area contributed by atoms with Crippen LogP contribution < -0.4 is 14.8 Å². The van der Waals surface area contributed by atoms with Crippen LogP contribution in [0, 0.1) is 5.82 Å². The molecule has 4 nitrogen and oxygen atoms in total. The zero-order valence-corrected chi connectivity index (χ0v) is 16.1. The number of halogens is 2. The van der Waals surface area contributed by atoms with Crippen LogP contribution >= 0.6 is 11.6 Å². The average Bonchev–Trinajstić information content (AvgIpc) is 3.40. The number of nitrogens with one attached hydrogen (secondary N) is 1. The number of hydrogen-bond acceptors (Lipinski definition) is 3. The summed E-state index contributed by atoms with van der Waals surface area (Å²) < 4.78 is 25.2. The fraction of sp³-hybridized carbons (Fsp3) is 0.174. The van der Waals surface area contributed by atoms with Crippen LogP contribution in [0.2, 0.25) is 5.02 Å². The molecule has 29 heavy (non-hydrogen) atoms. The van der Waals surface area contributed by atoms with Crippen molar-refractivity contribution in [2.75, 3.05) is 12.1 Å². The number of carbonyl (C=O) groups is 1. The van der Waals surface area contributed by atoms with Crippen LogP contribution in [0.15, 0.2) is 60.7 Å². The molecular weight excluding hydrogens is 393 g/mol. The Hall–Kier alpha value is -3.05. The molecule has 0 aromatic heterocycles. The van der Waals surface area contributed by atoms with E-state index in [4.69, 9.17) is 21.1 Å². The summed E-state index contributed by atoms with van der Waals surface area (Å²) in [7, 11) is 0. The Morgan fingerprint density at radius 2 is 1.83 bits per heavy atom. The summed E-state index contributed by atoms with van der Waals surface area (Å²) in [6.45, 7) is 0.194. The van der Waals surface area contributed by atoms with Crippen LogP contribution in [0.4, 0.5) is 10.1 Å². The first-order valence-corrected chi connectivity index (χ1v) is 9.70. The van der Waals surface area contributed by atoms with E-state index in [-0.39, 0.29) is 18.5 Å². The lowest BCUT2D eigenvalue weighted by Gasteiger charge is -2.17. The number of hydrogen-bond donors (Lipinski definition) is 1. The van der Waals surface area contributed by atoms with Gasteiger partial charge in [0, 0.05) is 16.3 Å². The van der Waals surface area contributed by atoms with Crippen molar-refractivity contribution in [2.45, 2.75) is 18.3 Å². The second kappa shape index (κ2) is 6.78. The van der Waals surface area contributed by atoms with Crippen molar-refractivity contribution >= 4 is 23.2 Å². The SMILES string of the molecule is O=C(Nc1ccc(F)c(-c2cccc(Cl)c2)c1)C1(c2ccc3c(c2)OCO3)CC1. The number of fused-ring (bicyclic) bond motifs is 1. The summed E-state index contributed by atoms with van der Waals surface area (Å²) in [5.41, 5.74) is 1.89. The van der Waals surface area contributed by atoms with Crippen LogP contribution in [0.5, 0.6) is 11.5 Å². The third kappa shape index (κ3) is 3.21. The van der Waals surface area contributed by atoms with Crippen LogP contribution in [0.3, 0.4) is 0 Å². The van der Waals surface area contributed by atoms with Gasteiger partial charge in [-0.2, -0.15) is 0 Å². The van der Waals surface area contributed by atoms with Crippen molar-refractivity contribution < 1.29 is 18.7 Å². The van der Waals surface area contributed by atoms with E-state index >= 15 is 0 Å². The Bertz CT molecular complexity index is 1130. The molecule has 1 N–H and O–H groups in total. The highest BCUT2D eigenvalue weighted by Gasteiger charge is 2.51. The lowest BCUT2D eigenvalue weighted by Crippen LogP contribution is -2.27. The van der Waals surface area contributed by atoms with Crippen LogP contribution in [-0.2, 0) is 10.2 Å². The fourth-order valence-electron chi connectivity index (χ4n) is 3.70. The molecule has 1 aliphatic heterocycles. The fourth-order valence-corrected chi connectivity index (χ4v) is 3.89. The molecule has 0 radical (unpaired) electrons. The molecule has 0 atom stereocenters. The maximum Gasteiger partial charge on any atom is 0.235 e. The summed E-state index contributed by atoms with van der Waals surface area (Å²) in [4.78, 5) is 13.1. The van der Waals surface area contributed by atoms with E-state index in [9.17, 15) is 9.18 Å². The molecule has 5 rings (SSSR count). The van der Waals surface area contributed by atoms with Gasteiger partial charge in [0.25, 0.3) is 0 Å². The number of anilines is 1. The number of benzene rings is 3. The van der Waals surface area contributed by atoms with E-state index in [1.807, 2.05) is 18.2 Å². The van der Waals surface area contributed by atoms with Crippen molar-refractivity contribution in [1.82, 2.24) is 0 Å². The zero-order valence-electron chi connectivity index (χ0n) is 15.4. The van der Waals surface area contributed by atoms with Crippen LogP contribution in [0.1, 0.15) is 18.4 Å². The molecule has 0 spiro atoms. The van der Waals surface area contributed by atoms with Gasteiger partial charge in [0.05, 0.1) is 5.41 Å². The van der Waals surface area contributed by atoms with Crippen molar-refractivity contribution in [3.8, 4) is 22.6 Å². The van der Waals surface area contributed by atoms with Gasteiger partial charge < -0.3 is 14.8 Å². The molecule has 146 valence electrons. The van der Waals surface area contributed by atoms with Crippen molar-refractivity contribution in [2.24, 2.45) is 0 Å². The monoisotopic (exact) mass is 409 g/mol. The zero-order chi connectivity index (χ0) is 20.0. The Labute approximate surface area is 172 Å². The number of carbonyl (C=O) groups excluding carboxylic acids is 1. The topological polar surface area (TPSA) is 47.6 Å². The predicted octanol–water partition coefficient (Wildman–Crippen LogP) is 5.55. The van der Waals surface area contributed by atoms with E-state index in [0.717, 1.165) is 18.4 Å². The van der Waals surface area contributed by atoms with Crippen LogP contribution in [0.25, 0.3) is 11.1 Å². The summed E-state index contributed by atoms with van der Waals surface area (Å²) >= 11 is 6.04. The predicted molar refractivity (Wildman–Crippen MR) is 109 cm³/mol. The average molecular weight is 410 g/mol. The molecule has 0 unspecified atom stereocenters. The Kier molecular flexibility index (Phi) is 4.21. The van der Waals surface area contributed by atoms with Gasteiger partial charge in [-0.05, 0) is 66.4 Å². The molecule has 6 heteroatoms. The quantitative estimate of drug-likeness (QED) is 0.615. The van der Waals surface area contributed by atoms with Gasteiger partial charge in [-0.25, -0.2) is 4.39 Å². The third-order valence-corrected chi connectivity index (χ3v) is 5.70. The Morgan fingerprint density at radius 3 is 2.62 bits per heavy atom. The minimum Gasteiger partial charge on any atom is -0.454 e. The number of amides is 1. The molecule has 1 heterocycles. The smallest absolute Gasteiger partial charge is 0.235 e. The van der Waals surface area contributed by atoms with E-state index in [1.165, 1.54) is 6.07 Å². The third-order valence-electron chi connectivity index (χ3n) is 5.47. The van der Waals surface area contributed by atoms with Crippen molar-refractivity contribution in [3.05, 3.63) is 77.1 Å². The molecule has 3 aromatic rings. The standard InChI is InChI=1S/C23H17ClFNO3/c24-16-3-1-2-14(10-16)18-12-17(5-6-19(18)25)26-22(27)23(8-9-23)15-4-7-20-21(11-15)29-13-28-20/h1-7,10-12H,8-9,13H2,(H,26,27). The molecular formula is C23H17ClFNO3. The molecule has 0 bridgehead atoms. The minimum absolute atomic E-state index is 0.111. The lowest BCUT2D eigenvalue weighted by molar-refractivity contribution is -0.118. The first-order valence-electron chi connectivity index (χ1n) is 9.32. The second-order valence-electron chi connectivity index (χ2n) is 7.31. The van der Waals surface area contributed by atoms with E-state index in [1.54, 1.807) is 36.4 Å². The van der Waals surface area contributed by atoms with E-state index < -0.39 is 5.41 Å². The van der Waals surface area contributed by atoms with Crippen LogP contribution in [-0.4, -0.2) is 12.7 Å². The van der Waals surface area contributed by atoms with Gasteiger partial charge in [0.15, 0.2) is 11.5 Å². The van der Waals surface area contributed by atoms with Gasteiger partial charge in [-0.15, -0.1) is 0 Å². The van der Waals surface area contributed by atoms with Gasteiger partial charge in [-0.3, -0.25) is 4.79 Å². The second-order valence-corrected chi connectivity index (χ2v) is 7.75.